The summed E-state index contributed by atoms with van der Waals surface area (Å²) in [6, 6.07) is 12.2. The Hall–Kier alpha value is -1.87. The first kappa shape index (κ1) is 14.1. The highest BCUT2D eigenvalue weighted by molar-refractivity contribution is 5.68. The van der Waals surface area contributed by atoms with Crippen LogP contribution >= 0.6 is 0 Å². The Labute approximate surface area is 125 Å². The number of aryl methyl sites for hydroxylation is 1. The van der Waals surface area contributed by atoms with Crippen LogP contribution in [-0.2, 0) is 6.54 Å². The van der Waals surface area contributed by atoms with E-state index in [2.05, 4.69) is 30.4 Å². The molecular weight excluding hydrogens is 265 g/mol. The minimum Gasteiger partial charge on any atom is -0.494 e. The van der Waals surface area contributed by atoms with Gasteiger partial charge in [-0.25, -0.2) is 4.39 Å². The minimum absolute atomic E-state index is 0.279. The molecule has 3 rings (SSSR count). The fraction of sp³-hybridized carbons (Fsp3) is 0.333. The van der Waals surface area contributed by atoms with E-state index in [4.69, 9.17) is 4.74 Å². The van der Waals surface area contributed by atoms with Gasteiger partial charge in [0.05, 0.1) is 7.11 Å². The van der Waals surface area contributed by atoms with E-state index >= 15 is 0 Å². The first-order valence-corrected chi connectivity index (χ1v) is 7.34. The highest BCUT2D eigenvalue weighted by Crippen LogP contribution is 2.28. The number of methoxy groups -OCH3 is 1. The summed E-state index contributed by atoms with van der Waals surface area (Å²) in [5.41, 5.74) is 4.38. The fourth-order valence-corrected chi connectivity index (χ4v) is 2.54. The maximum absolute atomic E-state index is 13.8. The van der Waals surface area contributed by atoms with Crippen molar-refractivity contribution >= 4 is 0 Å². The molecule has 0 unspecified atom stereocenters. The van der Waals surface area contributed by atoms with Crippen molar-refractivity contribution in [3.63, 3.8) is 0 Å². The van der Waals surface area contributed by atoms with Gasteiger partial charge in [-0.05, 0) is 54.2 Å². The minimum atomic E-state index is -0.325. The van der Waals surface area contributed by atoms with Crippen molar-refractivity contribution in [1.82, 2.24) is 5.32 Å². The molecule has 1 aliphatic rings. The van der Waals surface area contributed by atoms with Gasteiger partial charge in [0.2, 0.25) is 0 Å². The highest BCUT2D eigenvalue weighted by Gasteiger charge is 2.20. The zero-order valence-electron chi connectivity index (χ0n) is 12.4. The maximum Gasteiger partial charge on any atom is 0.165 e. The van der Waals surface area contributed by atoms with Gasteiger partial charge in [0.1, 0.15) is 0 Å². The van der Waals surface area contributed by atoms with E-state index in [0.717, 1.165) is 23.2 Å². The molecule has 0 amide bonds. The van der Waals surface area contributed by atoms with Crippen LogP contribution in [-0.4, -0.2) is 13.2 Å². The van der Waals surface area contributed by atoms with Crippen LogP contribution < -0.4 is 10.1 Å². The predicted molar refractivity (Wildman–Crippen MR) is 83.0 cm³/mol. The monoisotopic (exact) mass is 285 g/mol. The molecule has 0 heterocycles. The van der Waals surface area contributed by atoms with Crippen LogP contribution in [0.15, 0.2) is 36.4 Å². The van der Waals surface area contributed by atoms with Crippen molar-refractivity contribution in [2.75, 3.05) is 7.11 Å². The third kappa shape index (κ3) is 3.24. The highest BCUT2D eigenvalue weighted by atomic mass is 19.1. The Morgan fingerprint density at radius 1 is 1.19 bits per heavy atom. The summed E-state index contributed by atoms with van der Waals surface area (Å²) in [4.78, 5) is 0. The molecule has 0 aliphatic heterocycles. The van der Waals surface area contributed by atoms with Crippen molar-refractivity contribution < 1.29 is 9.13 Å². The van der Waals surface area contributed by atoms with Crippen LogP contribution in [0.3, 0.4) is 0 Å². The van der Waals surface area contributed by atoms with E-state index in [1.807, 2.05) is 6.07 Å². The average molecular weight is 285 g/mol. The topological polar surface area (TPSA) is 21.3 Å². The summed E-state index contributed by atoms with van der Waals surface area (Å²) < 4.78 is 18.8. The molecule has 0 aromatic heterocycles. The molecule has 0 atom stereocenters. The van der Waals surface area contributed by atoms with Crippen molar-refractivity contribution in [2.24, 2.45) is 0 Å². The molecule has 2 aromatic carbocycles. The van der Waals surface area contributed by atoms with Crippen molar-refractivity contribution in [2.45, 2.75) is 32.4 Å². The Bertz CT molecular complexity index is 650. The molecular formula is C18H20FNO. The van der Waals surface area contributed by atoms with Gasteiger partial charge in [-0.3, -0.25) is 0 Å². The summed E-state index contributed by atoms with van der Waals surface area (Å²) in [6.07, 6.45) is 2.59. The summed E-state index contributed by atoms with van der Waals surface area (Å²) in [7, 11) is 1.48. The molecule has 21 heavy (non-hydrogen) atoms. The lowest BCUT2D eigenvalue weighted by molar-refractivity contribution is 0.386. The molecule has 0 bridgehead atoms. The average Bonchev–Trinajstić information content (AvgIpc) is 3.29. The van der Waals surface area contributed by atoms with Crippen LogP contribution in [0, 0.1) is 12.7 Å². The normalized spacial score (nSPS) is 14.2. The third-order valence-electron chi connectivity index (χ3n) is 3.93. The van der Waals surface area contributed by atoms with Gasteiger partial charge in [0.15, 0.2) is 11.6 Å². The Balaban J connectivity index is 1.82. The van der Waals surface area contributed by atoms with E-state index in [9.17, 15) is 4.39 Å². The van der Waals surface area contributed by atoms with E-state index in [0.29, 0.717) is 6.04 Å². The molecule has 1 N–H and O–H groups in total. The van der Waals surface area contributed by atoms with Crippen molar-refractivity contribution in [3.05, 3.63) is 53.3 Å². The summed E-state index contributed by atoms with van der Waals surface area (Å²) >= 11 is 0. The van der Waals surface area contributed by atoms with E-state index in [1.165, 1.54) is 31.6 Å². The van der Waals surface area contributed by atoms with Gasteiger partial charge in [0, 0.05) is 12.6 Å². The molecule has 1 fully saturated rings. The number of benzene rings is 2. The van der Waals surface area contributed by atoms with E-state index in [1.54, 1.807) is 6.07 Å². The fourth-order valence-electron chi connectivity index (χ4n) is 2.54. The lowest BCUT2D eigenvalue weighted by Crippen LogP contribution is -2.15. The SMILES string of the molecule is COc1ccc(-c2ccc(CNC3CC3)cc2C)cc1F. The summed E-state index contributed by atoms with van der Waals surface area (Å²) in [5, 5.41) is 3.51. The second-order valence-corrected chi connectivity index (χ2v) is 5.65. The van der Waals surface area contributed by atoms with Gasteiger partial charge < -0.3 is 10.1 Å². The van der Waals surface area contributed by atoms with E-state index in [-0.39, 0.29) is 11.6 Å². The molecule has 0 spiro atoms. The smallest absolute Gasteiger partial charge is 0.165 e. The van der Waals surface area contributed by atoms with Gasteiger partial charge in [-0.15, -0.1) is 0 Å². The second-order valence-electron chi connectivity index (χ2n) is 5.65. The maximum atomic E-state index is 13.8. The Morgan fingerprint density at radius 2 is 2.00 bits per heavy atom. The second kappa shape index (κ2) is 5.86. The molecule has 2 nitrogen and oxygen atoms in total. The number of rotatable bonds is 5. The molecule has 2 aromatic rings. The molecule has 1 saturated carbocycles. The van der Waals surface area contributed by atoms with Crippen LogP contribution in [0.5, 0.6) is 5.75 Å². The number of hydrogen-bond donors (Lipinski definition) is 1. The first-order valence-electron chi connectivity index (χ1n) is 7.34. The Morgan fingerprint density at radius 3 is 2.62 bits per heavy atom. The largest absolute Gasteiger partial charge is 0.494 e. The Kier molecular flexibility index (Phi) is 3.93. The van der Waals surface area contributed by atoms with Crippen LogP contribution in [0.25, 0.3) is 11.1 Å². The van der Waals surface area contributed by atoms with Crippen molar-refractivity contribution in [3.8, 4) is 16.9 Å². The van der Waals surface area contributed by atoms with Gasteiger partial charge in [0.25, 0.3) is 0 Å². The number of ether oxygens (including phenoxy) is 1. The predicted octanol–water partition coefficient (Wildman–Crippen LogP) is 4.06. The summed E-state index contributed by atoms with van der Waals surface area (Å²) in [5.74, 6) is -0.0458. The molecule has 0 saturated heterocycles. The number of nitrogens with one attached hydrogen (secondary N) is 1. The molecule has 110 valence electrons. The lowest BCUT2D eigenvalue weighted by atomic mass is 9.98. The first-order chi connectivity index (χ1) is 10.2. The van der Waals surface area contributed by atoms with Gasteiger partial charge >= 0.3 is 0 Å². The number of hydrogen-bond acceptors (Lipinski definition) is 2. The molecule has 3 heteroatoms. The zero-order valence-corrected chi connectivity index (χ0v) is 12.4. The van der Waals surface area contributed by atoms with Gasteiger partial charge in [-0.1, -0.05) is 24.3 Å². The van der Waals surface area contributed by atoms with Crippen LogP contribution in [0.2, 0.25) is 0 Å². The quantitative estimate of drug-likeness (QED) is 0.894. The standard InChI is InChI=1S/C18H20FNO/c1-12-9-13(11-20-15-5-6-15)3-7-16(12)14-4-8-18(21-2)17(19)10-14/h3-4,7-10,15,20H,5-6,11H2,1-2H3. The lowest BCUT2D eigenvalue weighted by Gasteiger charge is -2.11. The van der Waals surface area contributed by atoms with Crippen LogP contribution in [0.1, 0.15) is 24.0 Å². The molecule has 1 aliphatic carbocycles. The van der Waals surface area contributed by atoms with Crippen molar-refractivity contribution in [1.29, 1.82) is 0 Å². The molecule has 0 radical (unpaired) electrons. The third-order valence-corrected chi connectivity index (χ3v) is 3.93. The summed E-state index contributed by atoms with van der Waals surface area (Å²) in [6.45, 7) is 2.97. The zero-order chi connectivity index (χ0) is 14.8. The number of halogens is 1. The van der Waals surface area contributed by atoms with E-state index < -0.39 is 0 Å². The van der Waals surface area contributed by atoms with Gasteiger partial charge in [-0.2, -0.15) is 0 Å². The van der Waals surface area contributed by atoms with Crippen LogP contribution in [0.4, 0.5) is 4.39 Å².